The summed E-state index contributed by atoms with van der Waals surface area (Å²) >= 11 is 12.4. The summed E-state index contributed by atoms with van der Waals surface area (Å²) in [4.78, 5) is 12.6. The Kier molecular flexibility index (Phi) is 4.87. The second kappa shape index (κ2) is 6.88. The third-order valence-corrected chi connectivity index (χ3v) is 4.19. The standard InChI is InChI=1S/C15H15Cl2N3O3/c1-9-12(15(21)18-20-5-7-22-8-6-20)14(19-23-9)13-10(16)3-2-4-11(13)17/h2-4H,5-8H2,1H3,(H,18,21). The fraction of sp³-hybridized carbons (Fsp3) is 0.333. The van der Waals surface area contributed by atoms with Gasteiger partial charge in [0.05, 0.1) is 23.3 Å². The number of morpholine rings is 1. The van der Waals surface area contributed by atoms with Gasteiger partial charge in [-0.2, -0.15) is 0 Å². The van der Waals surface area contributed by atoms with Crippen molar-refractivity contribution in [1.82, 2.24) is 15.6 Å². The largest absolute Gasteiger partial charge is 0.379 e. The second-order valence-electron chi connectivity index (χ2n) is 5.10. The summed E-state index contributed by atoms with van der Waals surface area (Å²) in [6, 6.07) is 5.11. The van der Waals surface area contributed by atoms with Crippen LogP contribution in [0.1, 0.15) is 16.1 Å². The summed E-state index contributed by atoms with van der Waals surface area (Å²) in [5.74, 6) is 0.0957. The number of carbonyl (C=O) groups excluding carboxylic acids is 1. The first-order valence-corrected chi connectivity index (χ1v) is 7.88. The number of halogens is 2. The fourth-order valence-corrected chi connectivity index (χ4v) is 2.99. The van der Waals surface area contributed by atoms with E-state index in [1.54, 1.807) is 30.1 Å². The van der Waals surface area contributed by atoms with Crippen LogP contribution >= 0.6 is 23.2 Å². The van der Waals surface area contributed by atoms with Crippen LogP contribution in [-0.2, 0) is 4.74 Å². The van der Waals surface area contributed by atoms with Gasteiger partial charge in [-0.25, -0.2) is 5.01 Å². The van der Waals surface area contributed by atoms with Crippen LogP contribution in [0.4, 0.5) is 0 Å². The molecule has 2 heterocycles. The average Bonchev–Trinajstić information content (AvgIpc) is 2.90. The molecule has 6 nitrogen and oxygen atoms in total. The number of rotatable bonds is 3. The Morgan fingerprint density at radius 1 is 1.26 bits per heavy atom. The monoisotopic (exact) mass is 355 g/mol. The van der Waals surface area contributed by atoms with Crippen LogP contribution in [0.5, 0.6) is 0 Å². The number of nitrogens with zero attached hydrogens (tertiary/aromatic N) is 2. The first-order chi connectivity index (χ1) is 11.1. The molecule has 1 aromatic heterocycles. The highest BCUT2D eigenvalue weighted by atomic mass is 35.5. The van der Waals surface area contributed by atoms with E-state index in [0.29, 0.717) is 58.9 Å². The van der Waals surface area contributed by atoms with Crippen molar-refractivity contribution in [3.8, 4) is 11.3 Å². The Hall–Kier alpha value is -1.60. The van der Waals surface area contributed by atoms with E-state index >= 15 is 0 Å². The minimum absolute atomic E-state index is 0.309. The number of aryl methyl sites for hydroxylation is 1. The molecule has 0 unspecified atom stereocenters. The van der Waals surface area contributed by atoms with E-state index < -0.39 is 0 Å². The van der Waals surface area contributed by atoms with Gasteiger partial charge < -0.3 is 9.26 Å². The third-order valence-electron chi connectivity index (χ3n) is 3.56. The molecule has 0 bridgehead atoms. The summed E-state index contributed by atoms with van der Waals surface area (Å²) in [5.41, 5.74) is 3.99. The van der Waals surface area contributed by atoms with E-state index in [-0.39, 0.29) is 5.91 Å². The molecular weight excluding hydrogens is 341 g/mol. The average molecular weight is 356 g/mol. The molecule has 2 aromatic rings. The molecule has 23 heavy (non-hydrogen) atoms. The van der Waals surface area contributed by atoms with Gasteiger partial charge in [0.15, 0.2) is 0 Å². The Bertz CT molecular complexity index is 707. The molecule has 1 aliphatic rings. The molecule has 0 aliphatic carbocycles. The van der Waals surface area contributed by atoms with Gasteiger partial charge >= 0.3 is 0 Å². The SMILES string of the molecule is Cc1onc(-c2c(Cl)cccc2Cl)c1C(=O)NN1CCOCC1. The number of nitrogens with one attached hydrogen (secondary N) is 1. The number of hydrazine groups is 1. The maximum atomic E-state index is 12.6. The lowest BCUT2D eigenvalue weighted by atomic mass is 10.1. The van der Waals surface area contributed by atoms with Gasteiger partial charge in [0.25, 0.3) is 5.91 Å². The van der Waals surface area contributed by atoms with Crippen LogP contribution in [0.2, 0.25) is 10.0 Å². The van der Waals surface area contributed by atoms with Gasteiger partial charge in [-0.1, -0.05) is 34.4 Å². The van der Waals surface area contributed by atoms with Crippen molar-refractivity contribution >= 4 is 29.1 Å². The number of carbonyl (C=O) groups is 1. The van der Waals surface area contributed by atoms with Crippen LogP contribution in [-0.4, -0.2) is 42.4 Å². The van der Waals surface area contributed by atoms with Crippen molar-refractivity contribution in [3.63, 3.8) is 0 Å². The molecule has 0 atom stereocenters. The topological polar surface area (TPSA) is 67.6 Å². The number of aromatic nitrogens is 1. The number of hydrogen-bond acceptors (Lipinski definition) is 5. The van der Waals surface area contributed by atoms with Gasteiger partial charge in [-0.3, -0.25) is 10.2 Å². The van der Waals surface area contributed by atoms with E-state index in [4.69, 9.17) is 32.5 Å². The maximum Gasteiger partial charge on any atom is 0.271 e. The van der Waals surface area contributed by atoms with E-state index in [9.17, 15) is 4.79 Å². The van der Waals surface area contributed by atoms with Crippen LogP contribution < -0.4 is 5.43 Å². The second-order valence-corrected chi connectivity index (χ2v) is 5.91. The molecular formula is C15H15Cl2N3O3. The van der Waals surface area contributed by atoms with Crippen LogP contribution in [0.3, 0.4) is 0 Å². The van der Waals surface area contributed by atoms with Gasteiger partial charge in [0, 0.05) is 18.7 Å². The Morgan fingerprint density at radius 2 is 1.91 bits per heavy atom. The summed E-state index contributed by atoms with van der Waals surface area (Å²) in [7, 11) is 0. The molecule has 1 aromatic carbocycles. The lowest BCUT2D eigenvalue weighted by Crippen LogP contribution is -2.48. The number of benzene rings is 1. The van der Waals surface area contributed by atoms with E-state index in [0.717, 1.165) is 0 Å². The summed E-state index contributed by atoms with van der Waals surface area (Å²) in [6.07, 6.45) is 0. The number of ether oxygens (including phenoxy) is 1. The minimum atomic E-state index is -0.309. The minimum Gasteiger partial charge on any atom is -0.379 e. The predicted octanol–water partition coefficient (Wildman–Crippen LogP) is 2.93. The Labute approximate surface area is 143 Å². The fourth-order valence-electron chi connectivity index (χ4n) is 2.41. The molecule has 0 radical (unpaired) electrons. The van der Waals surface area contributed by atoms with Gasteiger partial charge in [-0.05, 0) is 19.1 Å². The van der Waals surface area contributed by atoms with Crippen molar-refractivity contribution in [2.45, 2.75) is 6.92 Å². The number of amides is 1. The zero-order valence-electron chi connectivity index (χ0n) is 12.4. The highest BCUT2D eigenvalue weighted by Gasteiger charge is 2.26. The molecule has 1 amide bonds. The summed E-state index contributed by atoms with van der Waals surface area (Å²) in [6.45, 7) is 4.07. The van der Waals surface area contributed by atoms with Gasteiger partial charge in [0.1, 0.15) is 17.0 Å². The van der Waals surface area contributed by atoms with Crippen LogP contribution in [0, 0.1) is 6.92 Å². The molecule has 3 rings (SSSR count). The first-order valence-electron chi connectivity index (χ1n) is 7.12. The van der Waals surface area contributed by atoms with Crippen molar-refractivity contribution in [1.29, 1.82) is 0 Å². The molecule has 1 saturated heterocycles. The van der Waals surface area contributed by atoms with Gasteiger partial charge in [-0.15, -0.1) is 0 Å². The molecule has 1 aliphatic heterocycles. The molecule has 0 saturated carbocycles. The van der Waals surface area contributed by atoms with E-state index in [2.05, 4.69) is 10.6 Å². The van der Waals surface area contributed by atoms with Crippen molar-refractivity contribution in [2.24, 2.45) is 0 Å². The summed E-state index contributed by atoms with van der Waals surface area (Å²) < 4.78 is 10.5. The molecule has 1 N–H and O–H groups in total. The maximum absolute atomic E-state index is 12.6. The summed E-state index contributed by atoms with van der Waals surface area (Å²) in [5, 5.41) is 6.59. The van der Waals surface area contributed by atoms with Crippen molar-refractivity contribution in [3.05, 3.63) is 39.6 Å². The lowest BCUT2D eigenvalue weighted by Gasteiger charge is -2.26. The molecule has 122 valence electrons. The Morgan fingerprint density at radius 3 is 2.57 bits per heavy atom. The van der Waals surface area contributed by atoms with Crippen molar-refractivity contribution in [2.75, 3.05) is 26.3 Å². The first kappa shape index (κ1) is 16.3. The highest BCUT2D eigenvalue weighted by Crippen LogP contribution is 2.36. The molecule has 8 heteroatoms. The predicted molar refractivity (Wildman–Crippen MR) is 86.6 cm³/mol. The third kappa shape index (κ3) is 3.35. The normalized spacial score (nSPS) is 15.6. The molecule has 1 fully saturated rings. The van der Waals surface area contributed by atoms with Crippen molar-refractivity contribution < 1.29 is 14.1 Å². The van der Waals surface area contributed by atoms with Crippen LogP contribution in [0.15, 0.2) is 22.7 Å². The molecule has 0 spiro atoms. The number of hydrogen-bond donors (Lipinski definition) is 1. The smallest absolute Gasteiger partial charge is 0.271 e. The lowest BCUT2D eigenvalue weighted by molar-refractivity contribution is 0.0126. The van der Waals surface area contributed by atoms with Gasteiger partial charge in [0.2, 0.25) is 0 Å². The zero-order valence-corrected chi connectivity index (χ0v) is 13.9. The quantitative estimate of drug-likeness (QED) is 0.916. The zero-order chi connectivity index (χ0) is 16.4. The van der Waals surface area contributed by atoms with E-state index in [1.165, 1.54) is 0 Å². The highest BCUT2D eigenvalue weighted by molar-refractivity contribution is 6.39. The Balaban J connectivity index is 1.94. The van der Waals surface area contributed by atoms with E-state index in [1.807, 2.05) is 0 Å². The van der Waals surface area contributed by atoms with Crippen LogP contribution in [0.25, 0.3) is 11.3 Å².